The maximum absolute atomic E-state index is 12.5. The lowest BCUT2D eigenvalue weighted by atomic mass is 10.3. The standard InChI is InChI=1S/C21H20Cl3N5O3S/c1-3-29-18(10-19(30)25-13-5-6-14(23)15(24)9-13)27-28-21(29)33-11-20(31)26-16-8-12(22)4-7-17(16)32-2/h4-9H,3,10-11H2,1-2H3,(H,25,30)(H,26,31). The maximum Gasteiger partial charge on any atom is 0.234 e. The summed E-state index contributed by atoms with van der Waals surface area (Å²) < 4.78 is 7.02. The Labute approximate surface area is 209 Å². The highest BCUT2D eigenvalue weighted by atomic mass is 35.5. The van der Waals surface area contributed by atoms with Gasteiger partial charge in [0.25, 0.3) is 0 Å². The van der Waals surface area contributed by atoms with Crippen LogP contribution < -0.4 is 15.4 Å². The third-order valence-electron chi connectivity index (χ3n) is 4.40. The molecule has 174 valence electrons. The van der Waals surface area contributed by atoms with Crippen LogP contribution in [0.3, 0.4) is 0 Å². The van der Waals surface area contributed by atoms with Gasteiger partial charge in [-0.2, -0.15) is 0 Å². The van der Waals surface area contributed by atoms with E-state index in [4.69, 9.17) is 39.5 Å². The fourth-order valence-electron chi connectivity index (χ4n) is 2.89. The Morgan fingerprint density at radius 1 is 1.03 bits per heavy atom. The summed E-state index contributed by atoms with van der Waals surface area (Å²) >= 11 is 19.1. The Balaban J connectivity index is 1.61. The Hall–Kier alpha value is -2.46. The van der Waals surface area contributed by atoms with Crippen molar-refractivity contribution in [3.05, 3.63) is 57.3 Å². The zero-order valence-electron chi connectivity index (χ0n) is 17.7. The van der Waals surface area contributed by atoms with Crippen LogP contribution in [0.2, 0.25) is 15.1 Å². The van der Waals surface area contributed by atoms with Gasteiger partial charge in [-0.15, -0.1) is 10.2 Å². The molecule has 12 heteroatoms. The number of hydrogen-bond acceptors (Lipinski definition) is 6. The highest BCUT2D eigenvalue weighted by molar-refractivity contribution is 7.99. The summed E-state index contributed by atoms with van der Waals surface area (Å²) in [5.74, 6) is 0.533. The van der Waals surface area contributed by atoms with Gasteiger partial charge in [0.15, 0.2) is 5.16 Å². The van der Waals surface area contributed by atoms with Gasteiger partial charge < -0.3 is 19.9 Å². The molecule has 0 saturated heterocycles. The average molecular weight is 529 g/mol. The number of nitrogens with zero attached hydrogens (tertiary/aromatic N) is 3. The number of hydrogen-bond donors (Lipinski definition) is 2. The van der Waals surface area contributed by atoms with Crippen molar-refractivity contribution in [2.24, 2.45) is 0 Å². The summed E-state index contributed by atoms with van der Waals surface area (Å²) in [5, 5.41) is 15.5. The SMILES string of the molecule is CCn1c(CC(=O)Nc2ccc(Cl)c(Cl)c2)nnc1SCC(=O)Nc1cc(Cl)ccc1OC. The van der Waals surface area contributed by atoms with Crippen molar-refractivity contribution in [1.29, 1.82) is 0 Å². The number of anilines is 2. The van der Waals surface area contributed by atoms with Crippen molar-refractivity contribution in [1.82, 2.24) is 14.8 Å². The van der Waals surface area contributed by atoms with E-state index >= 15 is 0 Å². The van der Waals surface area contributed by atoms with Gasteiger partial charge in [-0.05, 0) is 43.3 Å². The predicted octanol–water partition coefficient (Wildman–Crippen LogP) is 5.18. The van der Waals surface area contributed by atoms with Crippen LogP contribution in [0.15, 0.2) is 41.6 Å². The Morgan fingerprint density at radius 2 is 1.82 bits per heavy atom. The number of ether oxygens (including phenoxy) is 1. The van der Waals surface area contributed by atoms with E-state index in [9.17, 15) is 9.59 Å². The molecule has 0 aliphatic heterocycles. The van der Waals surface area contributed by atoms with Crippen LogP contribution in [0.4, 0.5) is 11.4 Å². The maximum atomic E-state index is 12.5. The molecule has 1 aromatic heterocycles. The van der Waals surface area contributed by atoms with E-state index in [-0.39, 0.29) is 24.0 Å². The fraction of sp³-hybridized carbons (Fsp3) is 0.238. The quantitative estimate of drug-likeness (QED) is 0.371. The molecule has 1 heterocycles. The number of carbonyl (C=O) groups is 2. The van der Waals surface area contributed by atoms with Gasteiger partial charge in [0, 0.05) is 17.3 Å². The second kappa shape index (κ2) is 11.6. The average Bonchev–Trinajstić information content (AvgIpc) is 3.16. The van der Waals surface area contributed by atoms with Crippen molar-refractivity contribution < 1.29 is 14.3 Å². The van der Waals surface area contributed by atoms with Crippen LogP contribution in [0.25, 0.3) is 0 Å². The van der Waals surface area contributed by atoms with Crippen molar-refractivity contribution in [3.8, 4) is 5.75 Å². The molecule has 0 radical (unpaired) electrons. The zero-order chi connectivity index (χ0) is 24.0. The van der Waals surface area contributed by atoms with Gasteiger partial charge in [0.05, 0.1) is 35.0 Å². The fourth-order valence-corrected chi connectivity index (χ4v) is 4.18. The van der Waals surface area contributed by atoms with Crippen molar-refractivity contribution in [2.45, 2.75) is 25.0 Å². The second-order valence-electron chi connectivity index (χ2n) is 6.68. The van der Waals surface area contributed by atoms with E-state index in [0.717, 1.165) is 0 Å². The molecule has 2 N–H and O–H groups in total. The van der Waals surface area contributed by atoms with Crippen LogP contribution in [-0.4, -0.2) is 39.4 Å². The van der Waals surface area contributed by atoms with Crippen LogP contribution in [0.1, 0.15) is 12.7 Å². The number of methoxy groups -OCH3 is 1. The normalized spacial score (nSPS) is 10.7. The number of thioether (sulfide) groups is 1. The minimum Gasteiger partial charge on any atom is -0.495 e. The lowest BCUT2D eigenvalue weighted by Crippen LogP contribution is -2.18. The number of rotatable bonds is 9. The Morgan fingerprint density at radius 3 is 2.52 bits per heavy atom. The van der Waals surface area contributed by atoms with Crippen molar-refractivity contribution in [3.63, 3.8) is 0 Å². The lowest BCUT2D eigenvalue weighted by molar-refractivity contribution is -0.116. The van der Waals surface area contributed by atoms with E-state index in [2.05, 4.69) is 20.8 Å². The summed E-state index contributed by atoms with van der Waals surface area (Å²) in [6.07, 6.45) is 0.00750. The number of aromatic nitrogens is 3. The van der Waals surface area contributed by atoms with Gasteiger partial charge in [-0.3, -0.25) is 9.59 Å². The number of nitrogens with one attached hydrogen (secondary N) is 2. The molecule has 8 nitrogen and oxygen atoms in total. The molecular weight excluding hydrogens is 509 g/mol. The molecule has 2 amide bonds. The topological polar surface area (TPSA) is 98.1 Å². The second-order valence-corrected chi connectivity index (χ2v) is 8.87. The smallest absolute Gasteiger partial charge is 0.234 e. The summed E-state index contributed by atoms with van der Waals surface area (Å²) in [5.41, 5.74) is 1.01. The molecule has 3 aromatic rings. The van der Waals surface area contributed by atoms with Crippen LogP contribution in [0.5, 0.6) is 5.75 Å². The van der Waals surface area contributed by atoms with Gasteiger partial charge in [-0.25, -0.2) is 0 Å². The largest absolute Gasteiger partial charge is 0.495 e. The van der Waals surface area contributed by atoms with Crippen molar-refractivity contribution in [2.75, 3.05) is 23.5 Å². The van der Waals surface area contributed by atoms with Crippen LogP contribution in [-0.2, 0) is 22.6 Å². The third-order valence-corrected chi connectivity index (χ3v) is 6.34. The minimum absolute atomic E-state index is 0.00750. The lowest BCUT2D eigenvalue weighted by Gasteiger charge is -2.11. The van der Waals surface area contributed by atoms with Gasteiger partial charge >= 0.3 is 0 Å². The van der Waals surface area contributed by atoms with E-state index in [1.165, 1.54) is 18.9 Å². The first-order chi connectivity index (χ1) is 15.8. The van der Waals surface area contributed by atoms with Crippen molar-refractivity contribution >= 4 is 69.8 Å². The van der Waals surface area contributed by atoms with Crippen LogP contribution >= 0.6 is 46.6 Å². The molecule has 0 aliphatic carbocycles. The third kappa shape index (κ3) is 6.77. The molecular formula is C21H20Cl3N5O3S. The molecule has 2 aromatic carbocycles. The summed E-state index contributed by atoms with van der Waals surface area (Å²) in [7, 11) is 1.51. The monoisotopic (exact) mass is 527 g/mol. The number of halogens is 3. The first-order valence-electron chi connectivity index (χ1n) is 9.73. The Kier molecular flexibility index (Phi) is 8.85. The predicted molar refractivity (Wildman–Crippen MR) is 132 cm³/mol. The molecule has 0 bridgehead atoms. The zero-order valence-corrected chi connectivity index (χ0v) is 20.8. The van der Waals surface area contributed by atoms with E-state index in [0.29, 0.717) is 49.7 Å². The first-order valence-corrected chi connectivity index (χ1v) is 11.9. The highest BCUT2D eigenvalue weighted by Gasteiger charge is 2.17. The summed E-state index contributed by atoms with van der Waals surface area (Å²) in [6.45, 7) is 2.44. The molecule has 0 aliphatic rings. The molecule has 0 spiro atoms. The molecule has 33 heavy (non-hydrogen) atoms. The van der Waals surface area contributed by atoms with E-state index in [1.807, 2.05) is 6.92 Å². The molecule has 0 atom stereocenters. The van der Waals surface area contributed by atoms with E-state index in [1.54, 1.807) is 41.0 Å². The molecule has 0 saturated carbocycles. The Bertz CT molecular complexity index is 1170. The number of benzene rings is 2. The van der Waals surface area contributed by atoms with Crippen LogP contribution in [0, 0.1) is 0 Å². The molecule has 0 unspecified atom stereocenters. The summed E-state index contributed by atoms with van der Waals surface area (Å²) in [4.78, 5) is 24.9. The minimum atomic E-state index is -0.280. The first kappa shape index (κ1) is 25.2. The molecule has 0 fully saturated rings. The molecule has 3 rings (SSSR count). The summed E-state index contributed by atoms with van der Waals surface area (Å²) in [6, 6.07) is 9.79. The number of carbonyl (C=O) groups excluding carboxylic acids is 2. The number of amides is 2. The van der Waals surface area contributed by atoms with Gasteiger partial charge in [-0.1, -0.05) is 46.6 Å². The highest BCUT2D eigenvalue weighted by Crippen LogP contribution is 2.28. The van der Waals surface area contributed by atoms with E-state index < -0.39 is 0 Å². The van der Waals surface area contributed by atoms with Gasteiger partial charge in [0.1, 0.15) is 11.6 Å². The van der Waals surface area contributed by atoms with Gasteiger partial charge in [0.2, 0.25) is 11.8 Å².